The van der Waals surface area contributed by atoms with Gasteiger partial charge in [-0.05, 0) is 62.3 Å². The van der Waals surface area contributed by atoms with Gasteiger partial charge in [-0.3, -0.25) is 0 Å². The number of hydrogen-bond donors (Lipinski definition) is 2. The number of thiocarbonyl (C=S) groups is 1. The van der Waals surface area contributed by atoms with Crippen LogP contribution in [-0.4, -0.2) is 5.11 Å². The first-order chi connectivity index (χ1) is 9.08. The third kappa shape index (κ3) is 3.35. The molecule has 3 nitrogen and oxygen atoms in total. The van der Waals surface area contributed by atoms with E-state index in [1.807, 2.05) is 31.2 Å². The standard InChI is InChI=1S/C15H18N2OS/c1-10-6-4-7-13(11(10)2)17-15(19)16-12(3)14-8-5-9-18-14/h4-9,12H,1-3H3,(H2,16,17,19)/t12-/m1/s1. The topological polar surface area (TPSA) is 37.2 Å². The van der Waals surface area contributed by atoms with Crippen molar-refractivity contribution < 1.29 is 4.42 Å². The lowest BCUT2D eigenvalue weighted by Gasteiger charge is -2.17. The van der Waals surface area contributed by atoms with Gasteiger partial charge >= 0.3 is 0 Å². The summed E-state index contributed by atoms with van der Waals surface area (Å²) >= 11 is 5.33. The fraction of sp³-hybridized carbons (Fsp3) is 0.267. The normalized spacial score (nSPS) is 11.9. The highest BCUT2D eigenvalue weighted by atomic mass is 32.1. The van der Waals surface area contributed by atoms with Crippen LogP contribution in [0.15, 0.2) is 41.0 Å². The van der Waals surface area contributed by atoms with E-state index in [-0.39, 0.29) is 6.04 Å². The van der Waals surface area contributed by atoms with Crippen molar-refractivity contribution in [2.75, 3.05) is 5.32 Å². The maximum absolute atomic E-state index is 5.34. The highest BCUT2D eigenvalue weighted by Crippen LogP contribution is 2.18. The lowest BCUT2D eigenvalue weighted by atomic mass is 10.1. The Balaban J connectivity index is 2.00. The summed E-state index contributed by atoms with van der Waals surface area (Å²) in [5, 5.41) is 7.02. The molecule has 1 atom stereocenters. The van der Waals surface area contributed by atoms with Crippen LogP contribution in [0.25, 0.3) is 0 Å². The van der Waals surface area contributed by atoms with Crippen molar-refractivity contribution in [1.82, 2.24) is 5.32 Å². The molecule has 0 spiro atoms. The molecule has 1 heterocycles. The Bertz CT molecular complexity index is 564. The third-order valence-electron chi connectivity index (χ3n) is 3.17. The zero-order chi connectivity index (χ0) is 13.8. The van der Waals surface area contributed by atoms with Gasteiger partial charge in [-0.15, -0.1) is 0 Å². The van der Waals surface area contributed by atoms with Gasteiger partial charge in [-0.2, -0.15) is 0 Å². The van der Waals surface area contributed by atoms with Crippen molar-refractivity contribution >= 4 is 23.0 Å². The minimum absolute atomic E-state index is 0.0418. The molecule has 2 rings (SSSR count). The Morgan fingerprint density at radius 3 is 2.68 bits per heavy atom. The lowest BCUT2D eigenvalue weighted by molar-refractivity contribution is 0.464. The van der Waals surface area contributed by atoms with Crippen LogP contribution in [0.1, 0.15) is 29.9 Å². The molecule has 4 heteroatoms. The molecule has 0 fully saturated rings. The summed E-state index contributed by atoms with van der Waals surface area (Å²) < 4.78 is 5.34. The first-order valence-electron chi connectivity index (χ1n) is 6.25. The second-order valence-electron chi connectivity index (χ2n) is 4.58. The first kappa shape index (κ1) is 13.6. The fourth-order valence-electron chi connectivity index (χ4n) is 1.85. The van der Waals surface area contributed by atoms with E-state index in [1.165, 1.54) is 11.1 Å². The molecule has 1 aromatic carbocycles. The summed E-state index contributed by atoms with van der Waals surface area (Å²) in [6.45, 7) is 6.18. The highest BCUT2D eigenvalue weighted by molar-refractivity contribution is 7.80. The molecule has 19 heavy (non-hydrogen) atoms. The Morgan fingerprint density at radius 1 is 1.21 bits per heavy atom. The summed E-state index contributed by atoms with van der Waals surface area (Å²) in [5.41, 5.74) is 3.48. The van der Waals surface area contributed by atoms with E-state index in [0.717, 1.165) is 11.4 Å². The van der Waals surface area contributed by atoms with Crippen LogP contribution in [-0.2, 0) is 0 Å². The Hall–Kier alpha value is -1.81. The van der Waals surface area contributed by atoms with Gasteiger partial charge in [0.1, 0.15) is 5.76 Å². The van der Waals surface area contributed by atoms with Crippen molar-refractivity contribution in [3.8, 4) is 0 Å². The van der Waals surface area contributed by atoms with Gasteiger partial charge in [-0.1, -0.05) is 12.1 Å². The average molecular weight is 274 g/mol. The molecular weight excluding hydrogens is 256 g/mol. The molecule has 2 aromatic rings. The maximum Gasteiger partial charge on any atom is 0.171 e. The summed E-state index contributed by atoms with van der Waals surface area (Å²) in [5.74, 6) is 0.866. The second kappa shape index (κ2) is 5.89. The summed E-state index contributed by atoms with van der Waals surface area (Å²) in [7, 11) is 0. The quantitative estimate of drug-likeness (QED) is 0.831. The van der Waals surface area contributed by atoms with E-state index in [2.05, 4.69) is 30.5 Å². The molecule has 0 radical (unpaired) electrons. The van der Waals surface area contributed by atoms with Crippen LogP contribution < -0.4 is 10.6 Å². The van der Waals surface area contributed by atoms with Crippen LogP contribution in [0.5, 0.6) is 0 Å². The van der Waals surface area contributed by atoms with Gasteiger partial charge in [0.15, 0.2) is 5.11 Å². The van der Waals surface area contributed by atoms with Gasteiger partial charge in [0, 0.05) is 5.69 Å². The molecule has 0 aliphatic rings. The number of benzene rings is 1. The Kier molecular flexibility index (Phi) is 4.22. The van der Waals surface area contributed by atoms with E-state index < -0.39 is 0 Å². The first-order valence-corrected chi connectivity index (χ1v) is 6.66. The molecule has 0 bridgehead atoms. The van der Waals surface area contributed by atoms with E-state index in [9.17, 15) is 0 Å². The van der Waals surface area contributed by atoms with Crippen LogP contribution in [0.3, 0.4) is 0 Å². The van der Waals surface area contributed by atoms with Crippen molar-refractivity contribution in [3.63, 3.8) is 0 Å². The molecule has 0 saturated carbocycles. The molecule has 0 saturated heterocycles. The van der Waals surface area contributed by atoms with Crippen LogP contribution >= 0.6 is 12.2 Å². The smallest absolute Gasteiger partial charge is 0.171 e. The summed E-state index contributed by atoms with van der Waals surface area (Å²) in [6, 6.07) is 9.96. The maximum atomic E-state index is 5.34. The van der Waals surface area contributed by atoms with Crippen LogP contribution in [0.4, 0.5) is 5.69 Å². The monoisotopic (exact) mass is 274 g/mol. The number of nitrogens with one attached hydrogen (secondary N) is 2. The number of hydrogen-bond acceptors (Lipinski definition) is 2. The molecular formula is C15H18N2OS. The van der Waals surface area contributed by atoms with Crippen molar-refractivity contribution in [2.24, 2.45) is 0 Å². The number of rotatable bonds is 3. The molecule has 0 amide bonds. The molecule has 1 aromatic heterocycles. The summed E-state index contributed by atoms with van der Waals surface area (Å²) in [4.78, 5) is 0. The number of furan rings is 1. The second-order valence-corrected chi connectivity index (χ2v) is 4.99. The van der Waals surface area contributed by atoms with Crippen molar-refractivity contribution in [3.05, 3.63) is 53.5 Å². The van der Waals surface area contributed by atoms with Crippen LogP contribution in [0, 0.1) is 13.8 Å². The van der Waals surface area contributed by atoms with Gasteiger partial charge in [0.2, 0.25) is 0 Å². The number of anilines is 1. The SMILES string of the molecule is Cc1cccc(NC(=S)N[C@H](C)c2ccco2)c1C. The lowest BCUT2D eigenvalue weighted by Crippen LogP contribution is -2.31. The van der Waals surface area contributed by atoms with E-state index in [1.54, 1.807) is 6.26 Å². The fourth-order valence-corrected chi connectivity index (χ4v) is 2.14. The largest absolute Gasteiger partial charge is 0.467 e. The van der Waals surface area contributed by atoms with E-state index in [0.29, 0.717) is 5.11 Å². The van der Waals surface area contributed by atoms with Crippen LogP contribution in [0.2, 0.25) is 0 Å². The van der Waals surface area contributed by atoms with Gasteiger partial charge < -0.3 is 15.1 Å². The van der Waals surface area contributed by atoms with Gasteiger partial charge in [0.25, 0.3) is 0 Å². The minimum Gasteiger partial charge on any atom is -0.467 e. The van der Waals surface area contributed by atoms with Crippen molar-refractivity contribution in [1.29, 1.82) is 0 Å². The number of aryl methyl sites for hydroxylation is 1. The highest BCUT2D eigenvalue weighted by Gasteiger charge is 2.10. The van der Waals surface area contributed by atoms with Crippen molar-refractivity contribution in [2.45, 2.75) is 26.8 Å². The molecule has 0 unspecified atom stereocenters. The minimum atomic E-state index is 0.0418. The zero-order valence-corrected chi connectivity index (χ0v) is 12.2. The predicted octanol–water partition coefficient (Wildman–Crippen LogP) is 3.94. The molecule has 2 N–H and O–H groups in total. The van der Waals surface area contributed by atoms with Gasteiger partial charge in [0.05, 0.1) is 12.3 Å². The predicted molar refractivity (Wildman–Crippen MR) is 82.4 cm³/mol. The van der Waals surface area contributed by atoms with E-state index >= 15 is 0 Å². The third-order valence-corrected chi connectivity index (χ3v) is 3.39. The average Bonchev–Trinajstić information content (AvgIpc) is 2.88. The zero-order valence-electron chi connectivity index (χ0n) is 11.4. The molecule has 100 valence electrons. The Morgan fingerprint density at radius 2 is 2.00 bits per heavy atom. The van der Waals surface area contributed by atoms with Gasteiger partial charge in [-0.25, -0.2) is 0 Å². The molecule has 0 aliphatic heterocycles. The van der Waals surface area contributed by atoms with E-state index in [4.69, 9.17) is 16.6 Å². The summed E-state index contributed by atoms with van der Waals surface area (Å²) in [6.07, 6.45) is 1.66. The molecule has 0 aliphatic carbocycles. The Labute approximate surface area is 119 Å².